The van der Waals surface area contributed by atoms with E-state index >= 15 is 0 Å². The molecule has 3 aromatic rings. The van der Waals surface area contributed by atoms with Crippen LogP contribution in [0.1, 0.15) is 24.3 Å². The van der Waals surface area contributed by atoms with E-state index in [1.54, 1.807) is 0 Å². The van der Waals surface area contributed by atoms with E-state index in [0.29, 0.717) is 18.9 Å². The molecule has 4 rings (SSSR count). The fourth-order valence-electron chi connectivity index (χ4n) is 3.88. The molecule has 1 saturated heterocycles. The van der Waals surface area contributed by atoms with E-state index in [1.165, 1.54) is 0 Å². The number of benzene rings is 2. The van der Waals surface area contributed by atoms with E-state index in [4.69, 9.17) is 4.42 Å². The van der Waals surface area contributed by atoms with Crippen molar-refractivity contribution in [3.63, 3.8) is 0 Å². The van der Waals surface area contributed by atoms with Crippen molar-refractivity contribution in [2.75, 3.05) is 26.7 Å². The number of hydrogen-bond acceptors (Lipinski definition) is 4. The van der Waals surface area contributed by atoms with Gasteiger partial charge in [-0.1, -0.05) is 42.5 Å². The summed E-state index contributed by atoms with van der Waals surface area (Å²) in [5, 5.41) is 3.14. The Morgan fingerprint density at radius 1 is 1.11 bits per heavy atom. The van der Waals surface area contributed by atoms with E-state index in [1.807, 2.05) is 42.5 Å². The predicted molar refractivity (Wildman–Crippen MR) is 106 cm³/mol. The number of likely N-dealkylation sites (tertiary alicyclic amines) is 1. The lowest BCUT2D eigenvalue weighted by atomic mass is 9.72. The van der Waals surface area contributed by atoms with Crippen molar-refractivity contribution in [2.45, 2.75) is 24.7 Å². The molecule has 0 radical (unpaired) electrons. The third-order valence-electron chi connectivity index (χ3n) is 5.56. The van der Waals surface area contributed by atoms with Crippen LogP contribution in [-0.4, -0.2) is 42.5 Å². The molecule has 0 unspecified atom stereocenters. The first-order valence-electron chi connectivity index (χ1n) is 9.54. The van der Waals surface area contributed by atoms with E-state index in [-0.39, 0.29) is 5.91 Å². The Labute approximate surface area is 159 Å². The monoisotopic (exact) mass is 363 g/mol. The highest BCUT2D eigenvalue weighted by Crippen LogP contribution is 2.35. The third-order valence-corrected chi connectivity index (χ3v) is 5.56. The number of piperidine rings is 1. The maximum atomic E-state index is 13.2. The number of fused-ring (bicyclic) bond motifs is 1. The number of oxazole rings is 1. The predicted octanol–water partition coefficient (Wildman–Crippen LogP) is 3.15. The number of amides is 1. The average molecular weight is 363 g/mol. The quantitative estimate of drug-likeness (QED) is 0.757. The zero-order valence-electron chi connectivity index (χ0n) is 15.6. The van der Waals surface area contributed by atoms with Crippen LogP contribution in [0, 0.1) is 0 Å². The molecule has 5 nitrogen and oxygen atoms in total. The number of para-hydroxylation sites is 2. The van der Waals surface area contributed by atoms with Crippen molar-refractivity contribution in [1.82, 2.24) is 15.2 Å². The lowest BCUT2D eigenvalue weighted by Gasteiger charge is -2.39. The summed E-state index contributed by atoms with van der Waals surface area (Å²) >= 11 is 0. The lowest BCUT2D eigenvalue weighted by Crippen LogP contribution is -2.51. The Morgan fingerprint density at radius 2 is 1.81 bits per heavy atom. The SMILES string of the molecule is CN1CCC(C(=O)NCCc2nc3ccccc3o2)(c2ccccc2)CC1. The molecule has 1 aliphatic heterocycles. The number of rotatable bonds is 5. The van der Waals surface area contributed by atoms with Crippen LogP contribution in [0.5, 0.6) is 0 Å². The third kappa shape index (κ3) is 3.60. The fraction of sp³-hybridized carbons (Fsp3) is 0.364. The van der Waals surface area contributed by atoms with Gasteiger partial charge in [0.05, 0.1) is 5.41 Å². The first-order valence-corrected chi connectivity index (χ1v) is 9.54. The van der Waals surface area contributed by atoms with Gasteiger partial charge in [0.15, 0.2) is 11.5 Å². The standard InChI is InChI=1S/C22H25N3O2/c1-25-15-12-22(13-16-25,17-7-3-2-4-8-17)21(26)23-14-11-20-24-18-9-5-6-10-19(18)27-20/h2-10H,11-16H2,1H3,(H,23,26). The maximum absolute atomic E-state index is 13.2. The minimum atomic E-state index is -0.449. The Kier molecular flexibility index (Phi) is 4.94. The van der Waals surface area contributed by atoms with E-state index in [0.717, 1.165) is 42.6 Å². The van der Waals surface area contributed by atoms with Gasteiger partial charge in [-0.15, -0.1) is 0 Å². The second kappa shape index (κ2) is 7.53. The van der Waals surface area contributed by atoms with Gasteiger partial charge < -0.3 is 14.6 Å². The molecule has 1 aromatic heterocycles. The molecule has 0 spiro atoms. The maximum Gasteiger partial charge on any atom is 0.230 e. The van der Waals surface area contributed by atoms with Crippen molar-refractivity contribution >= 4 is 17.0 Å². The molecule has 1 aliphatic rings. The van der Waals surface area contributed by atoms with Gasteiger partial charge in [0.1, 0.15) is 5.52 Å². The minimum absolute atomic E-state index is 0.109. The molecule has 27 heavy (non-hydrogen) atoms. The normalized spacial score (nSPS) is 17.1. The van der Waals surface area contributed by atoms with Crippen molar-refractivity contribution in [3.05, 3.63) is 66.1 Å². The topological polar surface area (TPSA) is 58.4 Å². The van der Waals surface area contributed by atoms with Crippen LogP contribution in [0.3, 0.4) is 0 Å². The molecular formula is C22H25N3O2. The Bertz CT molecular complexity index is 878. The molecule has 0 aliphatic carbocycles. The van der Waals surface area contributed by atoms with Gasteiger partial charge in [0.2, 0.25) is 5.91 Å². The molecule has 140 valence electrons. The number of carbonyl (C=O) groups excluding carboxylic acids is 1. The number of carbonyl (C=O) groups is 1. The largest absolute Gasteiger partial charge is 0.441 e. The van der Waals surface area contributed by atoms with Crippen molar-refractivity contribution in [2.24, 2.45) is 0 Å². The second-order valence-electron chi connectivity index (χ2n) is 7.33. The van der Waals surface area contributed by atoms with Crippen molar-refractivity contribution in [1.29, 1.82) is 0 Å². The van der Waals surface area contributed by atoms with Crippen LogP contribution < -0.4 is 5.32 Å². The molecule has 2 aromatic carbocycles. The Hall–Kier alpha value is -2.66. The molecule has 1 N–H and O–H groups in total. The number of nitrogens with one attached hydrogen (secondary N) is 1. The summed E-state index contributed by atoms with van der Waals surface area (Å²) < 4.78 is 5.75. The van der Waals surface area contributed by atoms with Gasteiger partial charge in [0.25, 0.3) is 0 Å². The molecule has 2 heterocycles. The van der Waals surface area contributed by atoms with E-state index in [9.17, 15) is 4.79 Å². The molecule has 5 heteroatoms. The number of hydrogen-bond donors (Lipinski definition) is 1. The summed E-state index contributed by atoms with van der Waals surface area (Å²) in [6.45, 7) is 2.37. The Balaban J connectivity index is 1.45. The van der Waals surface area contributed by atoms with Crippen molar-refractivity contribution in [3.8, 4) is 0 Å². The minimum Gasteiger partial charge on any atom is -0.441 e. The molecule has 1 amide bonds. The average Bonchev–Trinajstić information content (AvgIpc) is 3.12. The van der Waals surface area contributed by atoms with Crippen LogP contribution in [0.2, 0.25) is 0 Å². The number of nitrogens with zero attached hydrogens (tertiary/aromatic N) is 2. The van der Waals surface area contributed by atoms with Gasteiger partial charge in [-0.05, 0) is 50.7 Å². The highest BCUT2D eigenvalue weighted by molar-refractivity contribution is 5.88. The second-order valence-corrected chi connectivity index (χ2v) is 7.33. The van der Waals surface area contributed by atoms with Crippen LogP contribution >= 0.6 is 0 Å². The summed E-state index contributed by atoms with van der Waals surface area (Å²) in [4.78, 5) is 20.0. The van der Waals surface area contributed by atoms with Crippen LogP contribution in [-0.2, 0) is 16.6 Å². The molecule has 0 saturated carbocycles. The van der Waals surface area contributed by atoms with Crippen LogP contribution in [0.15, 0.2) is 59.0 Å². The summed E-state index contributed by atoms with van der Waals surface area (Å²) in [7, 11) is 2.11. The van der Waals surface area contributed by atoms with E-state index in [2.05, 4.69) is 34.4 Å². The number of aromatic nitrogens is 1. The summed E-state index contributed by atoms with van der Waals surface area (Å²) in [5.41, 5.74) is 2.30. The first kappa shape index (κ1) is 17.7. The van der Waals surface area contributed by atoms with Crippen LogP contribution in [0.25, 0.3) is 11.1 Å². The first-order chi connectivity index (χ1) is 13.2. The molecule has 1 fully saturated rings. The highest BCUT2D eigenvalue weighted by Gasteiger charge is 2.41. The zero-order chi connectivity index (χ0) is 18.7. The van der Waals surface area contributed by atoms with Gasteiger partial charge in [0, 0.05) is 13.0 Å². The van der Waals surface area contributed by atoms with E-state index < -0.39 is 5.41 Å². The Morgan fingerprint density at radius 3 is 2.56 bits per heavy atom. The summed E-state index contributed by atoms with van der Waals surface area (Å²) in [5.74, 6) is 0.770. The van der Waals surface area contributed by atoms with Gasteiger partial charge in [-0.2, -0.15) is 0 Å². The molecule has 0 bridgehead atoms. The smallest absolute Gasteiger partial charge is 0.230 e. The lowest BCUT2D eigenvalue weighted by molar-refractivity contribution is -0.128. The summed E-state index contributed by atoms with van der Waals surface area (Å²) in [6.07, 6.45) is 2.26. The summed E-state index contributed by atoms with van der Waals surface area (Å²) in [6, 6.07) is 17.9. The zero-order valence-corrected chi connectivity index (χ0v) is 15.6. The highest BCUT2D eigenvalue weighted by atomic mass is 16.3. The van der Waals surface area contributed by atoms with Crippen LogP contribution in [0.4, 0.5) is 0 Å². The molecule has 0 atom stereocenters. The van der Waals surface area contributed by atoms with Gasteiger partial charge >= 0.3 is 0 Å². The molecular weight excluding hydrogens is 338 g/mol. The fourth-order valence-corrected chi connectivity index (χ4v) is 3.88. The van der Waals surface area contributed by atoms with Crippen molar-refractivity contribution < 1.29 is 9.21 Å². The van der Waals surface area contributed by atoms with Gasteiger partial charge in [-0.25, -0.2) is 4.98 Å². The van der Waals surface area contributed by atoms with Gasteiger partial charge in [-0.3, -0.25) is 4.79 Å².